The molecule has 2 aliphatic heterocycles. The zero-order valence-electron chi connectivity index (χ0n) is 17.0. The van der Waals surface area contributed by atoms with Gasteiger partial charge < -0.3 is 14.8 Å². The van der Waals surface area contributed by atoms with Crippen LogP contribution in [0.25, 0.3) is 0 Å². The van der Waals surface area contributed by atoms with Gasteiger partial charge in [0, 0.05) is 50.1 Å². The first-order valence-electron chi connectivity index (χ1n) is 10.7. The first-order valence-corrected chi connectivity index (χ1v) is 10.7. The fourth-order valence-corrected chi connectivity index (χ4v) is 4.76. The topological polar surface area (TPSA) is 84.3 Å². The molecule has 156 valence electrons. The van der Waals surface area contributed by atoms with Crippen molar-refractivity contribution >= 4 is 11.8 Å². The molecule has 7 heteroatoms. The maximum Gasteiger partial charge on any atom is 0.285 e. The zero-order valence-corrected chi connectivity index (χ0v) is 17.0. The molecule has 1 spiro atoms. The molecule has 2 amide bonds. The van der Waals surface area contributed by atoms with Gasteiger partial charge in [-0.05, 0) is 31.2 Å². The van der Waals surface area contributed by atoms with Crippen molar-refractivity contribution in [3.8, 4) is 0 Å². The lowest BCUT2D eigenvalue weighted by molar-refractivity contribution is -0.131. The van der Waals surface area contributed by atoms with Gasteiger partial charge in [0.15, 0.2) is 0 Å². The van der Waals surface area contributed by atoms with Crippen LogP contribution in [0.15, 0.2) is 41.3 Å². The third kappa shape index (κ3) is 3.64. The number of carbonyl (C=O) groups is 2. The Morgan fingerprint density at radius 1 is 1.17 bits per heavy atom. The van der Waals surface area contributed by atoms with Crippen LogP contribution in [0, 0.1) is 11.3 Å². The summed E-state index contributed by atoms with van der Waals surface area (Å²) in [5.74, 6) is 0.858. The van der Waals surface area contributed by atoms with Gasteiger partial charge in [-0.3, -0.25) is 14.4 Å². The second kappa shape index (κ2) is 7.38. The number of nitrogens with one attached hydrogen (secondary N) is 1. The largest absolute Gasteiger partial charge is 0.351 e. The zero-order chi connectivity index (χ0) is 20.7. The highest BCUT2D eigenvalue weighted by molar-refractivity contribution is 5.93. The number of rotatable bonds is 5. The highest BCUT2D eigenvalue weighted by Crippen LogP contribution is 2.42. The van der Waals surface area contributed by atoms with Crippen molar-refractivity contribution < 1.29 is 9.59 Å². The van der Waals surface area contributed by atoms with Crippen molar-refractivity contribution in [1.29, 1.82) is 0 Å². The smallest absolute Gasteiger partial charge is 0.285 e. The molecule has 0 unspecified atom stereocenters. The fraction of sp³-hybridized carbons (Fsp3) is 0.478. The minimum atomic E-state index is -0.473. The quantitative estimate of drug-likeness (QED) is 0.814. The van der Waals surface area contributed by atoms with Crippen molar-refractivity contribution in [2.45, 2.75) is 38.6 Å². The van der Waals surface area contributed by atoms with Crippen LogP contribution in [0.3, 0.4) is 0 Å². The van der Waals surface area contributed by atoms with E-state index in [9.17, 15) is 14.4 Å². The van der Waals surface area contributed by atoms with Gasteiger partial charge in [0.2, 0.25) is 5.91 Å². The summed E-state index contributed by atoms with van der Waals surface area (Å²) in [6.07, 6.45) is 6.00. The molecule has 1 N–H and O–H groups in total. The Kier molecular flexibility index (Phi) is 4.68. The lowest BCUT2D eigenvalue weighted by Gasteiger charge is -2.22. The summed E-state index contributed by atoms with van der Waals surface area (Å²) in [5.41, 5.74) is 0.696. The van der Waals surface area contributed by atoms with Crippen molar-refractivity contribution in [1.82, 2.24) is 19.8 Å². The maximum absolute atomic E-state index is 12.6. The van der Waals surface area contributed by atoms with E-state index in [1.54, 1.807) is 6.20 Å². The van der Waals surface area contributed by atoms with Crippen LogP contribution in [0.2, 0.25) is 0 Å². The minimum absolute atomic E-state index is 0.0562. The van der Waals surface area contributed by atoms with Crippen LogP contribution in [0.5, 0.6) is 0 Å². The molecule has 1 aromatic carbocycles. The van der Waals surface area contributed by atoms with E-state index in [-0.39, 0.29) is 28.7 Å². The molecule has 0 radical (unpaired) electrons. The summed E-state index contributed by atoms with van der Waals surface area (Å²) in [6, 6.07) is 9.91. The Bertz CT molecular complexity index is 1040. The molecule has 0 bridgehead atoms. The van der Waals surface area contributed by atoms with Crippen molar-refractivity contribution in [3.63, 3.8) is 0 Å². The molecule has 5 rings (SSSR count). The molecule has 1 atom stereocenters. The van der Waals surface area contributed by atoms with Crippen LogP contribution >= 0.6 is 0 Å². The van der Waals surface area contributed by atoms with Crippen LogP contribution in [0.4, 0.5) is 0 Å². The van der Waals surface area contributed by atoms with Crippen LogP contribution < -0.4 is 10.9 Å². The van der Waals surface area contributed by atoms with E-state index in [0.29, 0.717) is 25.9 Å². The van der Waals surface area contributed by atoms with Crippen molar-refractivity contribution in [2.24, 2.45) is 11.3 Å². The Balaban J connectivity index is 1.25. The van der Waals surface area contributed by atoms with Gasteiger partial charge in [-0.1, -0.05) is 30.3 Å². The lowest BCUT2D eigenvalue weighted by atomic mass is 9.86. The summed E-state index contributed by atoms with van der Waals surface area (Å²) in [7, 11) is 0. The predicted octanol–water partition coefficient (Wildman–Crippen LogP) is 1.40. The van der Waals surface area contributed by atoms with E-state index in [4.69, 9.17) is 0 Å². The number of hydrogen-bond donors (Lipinski definition) is 1. The van der Waals surface area contributed by atoms with E-state index in [1.807, 2.05) is 39.8 Å². The first kappa shape index (κ1) is 19.0. The number of benzene rings is 1. The van der Waals surface area contributed by atoms with Gasteiger partial charge in [0.25, 0.3) is 11.5 Å². The molecular weight excluding hydrogens is 380 g/mol. The number of nitrogens with zero attached hydrogens (tertiary/aromatic N) is 3. The Hall–Kier alpha value is -2.96. The molecule has 1 saturated carbocycles. The van der Waals surface area contributed by atoms with Gasteiger partial charge in [-0.2, -0.15) is 4.98 Å². The molecule has 1 saturated heterocycles. The van der Waals surface area contributed by atoms with Gasteiger partial charge in [0.1, 0.15) is 11.4 Å². The molecule has 2 aromatic rings. The standard InChI is InChI=1S/C23H26N4O3/c28-20(24-10-8-16-4-2-1-3-5-16)18-13-27-15-23(12-19(27)25-21(18)29)9-11-26(14-23)22(30)17-6-7-17/h1-5,13,17H,6-12,14-15H2,(H,24,28)/t23-/m1/s1. The third-order valence-electron chi connectivity index (χ3n) is 6.58. The number of likely N-dealkylation sites (tertiary alicyclic amines) is 1. The van der Waals surface area contributed by atoms with Crippen molar-refractivity contribution in [2.75, 3.05) is 19.6 Å². The molecule has 3 aliphatic rings. The second-order valence-corrected chi connectivity index (χ2v) is 8.96. The summed E-state index contributed by atoms with van der Waals surface area (Å²) < 4.78 is 1.94. The highest BCUT2D eigenvalue weighted by Gasteiger charge is 2.47. The van der Waals surface area contributed by atoms with Gasteiger partial charge in [-0.15, -0.1) is 0 Å². The average Bonchev–Trinajstić information content (AvgIpc) is 3.43. The molecule has 30 heavy (non-hydrogen) atoms. The van der Waals surface area contributed by atoms with Gasteiger partial charge >= 0.3 is 0 Å². The molecular formula is C23H26N4O3. The molecule has 1 aliphatic carbocycles. The normalized spacial score (nSPS) is 22.3. The van der Waals surface area contributed by atoms with Crippen molar-refractivity contribution in [3.05, 3.63) is 63.8 Å². The summed E-state index contributed by atoms with van der Waals surface area (Å²) >= 11 is 0. The lowest BCUT2D eigenvalue weighted by Crippen LogP contribution is -2.33. The monoisotopic (exact) mass is 406 g/mol. The van der Waals surface area contributed by atoms with Gasteiger partial charge in [0.05, 0.1) is 0 Å². The summed E-state index contributed by atoms with van der Waals surface area (Å²) in [6.45, 7) is 2.67. The molecule has 1 aromatic heterocycles. The summed E-state index contributed by atoms with van der Waals surface area (Å²) in [5, 5.41) is 2.84. The van der Waals surface area contributed by atoms with Gasteiger partial charge in [-0.25, -0.2) is 0 Å². The predicted molar refractivity (Wildman–Crippen MR) is 111 cm³/mol. The Morgan fingerprint density at radius 2 is 1.97 bits per heavy atom. The number of hydrogen-bond acceptors (Lipinski definition) is 4. The Morgan fingerprint density at radius 3 is 2.73 bits per heavy atom. The van der Waals surface area contributed by atoms with Crippen LogP contribution in [-0.4, -0.2) is 45.9 Å². The molecule has 2 fully saturated rings. The van der Waals surface area contributed by atoms with E-state index in [0.717, 1.165) is 43.7 Å². The summed E-state index contributed by atoms with van der Waals surface area (Å²) in [4.78, 5) is 43.7. The highest BCUT2D eigenvalue weighted by atomic mass is 16.2. The van der Waals surface area contributed by atoms with E-state index in [2.05, 4.69) is 10.3 Å². The van der Waals surface area contributed by atoms with E-state index >= 15 is 0 Å². The second-order valence-electron chi connectivity index (χ2n) is 8.96. The fourth-order valence-electron chi connectivity index (χ4n) is 4.76. The molecule has 7 nitrogen and oxygen atoms in total. The average molecular weight is 406 g/mol. The van der Waals surface area contributed by atoms with Crippen LogP contribution in [0.1, 0.15) is 41.0 Å². The number of carbonyl (C=O) groups excluding carboxylic acids is 2. The number of amides is 2. The molecule has 3 heterocycles. The maximum atomic E-state index is 12.6. The Labute approximate surface area is 175 Å². The van der Waals surface area contributed by atoms with Crippen LogP contribution in [-0.2, 0) is 24.2 Å². The third-order valence-corrected chi connectivity index (χ3v) is 6.58. The number of aromatic nitrogens is 2. The number of fused-ring (bicyclic) bond motifs is 1. The van der Waals surface area contributed by atoms with E-state index in [1.165, 1.54) is 0 Å². The first-order chi connectivity index (χ1) is 14.5. The van der Waals surface area contributed by atoms with E-state index < -0.39 is 5.56 Å². The SMILES string of the molecule is O=C(NCCc1ccccc1)c1cn2c(nc1=O)C[C@@]1(CCN(C(=O)C3CC3)C1)C2. The minimum Gasteiger partial charge on any atom is -0.351 e.